The number of aliphatic carboxylic acids is 1. The second-order valence-electron chi connectivity index (χ2n) is 4.08. The molecular formula is C11H22N2O4. The number of hydrogen-bond donors (Lipinski definition) is 3. The summed E-state index contributed by atoms with van der Waals surface area (Å²) >= 11 is 0. The molecule has 2 unspecified atom stereocenters. The van der Waals surface area contributed by atoms with E-state index in [2.05, 4.69) is 5.32 Å². The fourth-order valence-corrected chi connectivity index (χ4v) is 1.33. The molecule has 0 radical (unpaired) electrons. The van der Waals surface area contributed by atoms with Crippen molar-refractivity contribution in [2.75, 3.05) is 19.7 Å². The summed E-state index contributed by atoms with van der Waals surface area (Å²) in [7, 11) is 0. The molecular weight excluding hydrogens is 224 g/mol. The Kier molecular flexibility index (Phi) is 7.29. The summed E-state index contributed by atoms with van der Waals surface area (Å²) in [5.74, 6) is -1.58. The molecule has 3 N–H and O–H groups in total. The lowest BCUT2D eigenvalue weighted by Gasteiger charge is -2.25. The van der Waals surface area contributed by atoms with Crippen LogP contribution < -0.4 is 5.32 Å². The van der Waals surface area contributed by atoms with Crippen molar-refractivity contribution in [3.05, 3.63) is 0 Å². The van der Waals surface area contributed by atoms with Gasteiger partial charge in [-0.1, -0.05) is 6.92 Å². The van der Waals surface area contributed by atoms with Crippen LogP contribution in [0.25, 0.3) is 0 Å². The van der Waals surface area contributed by atoms with Crippen LogP contribution >= 0.6 is 0 Å². The van der Waals surface area contributed by atoms with Crippen LogP contribution in [0.3, 0.4) is 0 Å². The number of hydrogen-bond acceptors (Lipinski definition) is 3. The first kappa shape index (κ1) is 15.7. The maximum atomic E-state index is 11.8. The van der Waals surface area contributed by atoms with Crippen molar-refractivity contribution in [1.82, 2.24) is 10.2 Å². The van der Waals surface area contributed by atoms with Gasteiger partial charge in [-0.2, -0.15) is 0 Å². The van der Waals surface area contributed by atoms with E-state index in [1.165, 1.54) is 4.90 Å². The third-order valence-electron chi connectivity index (χ3n) is 2.64. The standard InChI is InChI=1S/C11H22N2O4/c1-4-5-13(6-7-14)11(17)12-9(3)8(2)10(15)16/h8-9,14H,4-7H2,1-3H3,(H,12,17)(H,15,16). The average molecular weight is 246 g/mol. The largest absolute Gasteiger partial charge is 0.481 e. The van der Waals surface area contributed by atoms with Gasteiger partial charge in [-0.25, -0.2) is 4.79 Å². The number of carbonyl (C=O) groups is 2. The molecule has 0 fully saturated rings. The molecule has 0 aromatic heterocycles. The van der Waals surface area contributed by atoms with Crippen molar-refractivity contribution in [2.45, 2.75) is 33.2 Å². The van der Waals surface area contributed by atoms with Crippen molar-refractivity contribution in [2.24, 2.45) is 5.92 Å². The number of urea groups is 1. The average Bonchev–Trinajstić information content (AvgIpc) is 2.27. The molecule has 17 heavy (non-hydrogen) atoms. The number of carbonyl (C=O) groups excluding carboxylic acids is 1. The summed E-state index contributed by atoms with van der Waals surface area (Å²) < 4.78 is 0. The predicted octanol–water partition coefficient (Wildman–Crippen LogP) is 0.509. The van der Waals surface area contributed by atoms with Gasteiger partial charge in [-0.05, 0) is 20.3 Å². The Morgan fingerprint density at radius 2 is 1.88 bits per heavy atom. The van der Waals surface area contributed by atoms with E-state index in [1.54, 1.807) is 13.8 Å². The minimum atomic E-state index is -0.943. The molecule has 6 nitrogen and oxygen atoms in total. The van der Waals surface area contributed by atoms with Gasteiger partial charge in [-0.15, -0.1) is 0 Å². The van der Waals surface area contributed by atoms with Gasteiger partial charge in [0, 0.05) is 19.1 Å². The smallest absolute Gasteiger partial charge is 0.317 e. The Balaban J connectivity index is 4.33. The molecule has 100 valence electrons. The molecule has 0 aliphatic heterocycles. The lowest BCUT2D eigenvalue weighted by atomic mass is 10.0. The first-order chi connectivity index (χ1) is 7.93. The Bertz CT molecular complexity index is 252. The molecule has 6 heteroatoms. The molecule has 0 spiro atoms. The van der Waals surface area contributed by atoms with Crippen LogP contribution in [-0.4, -0.2) is 52.9 Å². The zero-order valence-electron chi connectivity index (χ0n) is 10.6. The highest BCUT2D eigenvalue weighted by molar-refractivity contribution is 5.76. The highest BCUT2D eigenvalue weighted by atomic mass is 16.4. The molecule has 0 heterocycles. The molecule has 0 rings (SSSR count). The van der Waals surface area contributed by atoms with Gasteiger partial charge in [-0.3, -0.25) is 4.79 Å². The molecule has 2 atom stereocenters. The number of carboxylic acids is 1. The van der Waals surface area contributed by atoms with Gasteiger partial charge in [0.05, 0.1) is 12.5 Å². The maximum absolute atomic E-state index is 11.8. The first-order valence-corrected chi connectivity index (χ1v) is 5.83. The molecule has 0 aromatic rings. The van der Waals surface area contributed by atoms with Crippen molar-refractivity contribution in [3.8, 4) is 0 Å². The number of nitrogens with one attached hydrogen (secondary N) is 1. The van der Waals surface area contributed by atoms with E-state index in [9.17, 15) is 9.59 Å². The zero-order chi connectivity index (χ0) is 13.4. The van der Waals surface area contributed by atoms with Crippen molar-refractivity contribution in [3.63, 3.8) is 0 Å². The van der Waals surface area contributed by atoms with E-state index >= 15 is 0 Å². The monoisotopic (exact) mass is 246 g/mol. The summed E-state index contributed by atoms with van der Waals surface area (Å²) in [6, 6.07) is -0.778. The molecule has 0 aromatic carbocycles. The number of nitrogens with zero attached hydrogens (tertiary/aromatic N) is 1. The van der Waals surface area contributed by atoms with Gasteiger partial charge in [0.1, 0.15) is 0 Å². The van der Waals surface area contributed by atoms with Crippen LogP contribution in [0, 0.1) is 5.92 Å². The van der Waals surface area contributed by atoms with E-state index in [4.69, 9.17) is 10.2 Å². The molecule has 0 bridgehead atoms. The second kappa shape index (κ2) is 7.89. The topological polar surface area (TPSA) is 89.9 Å². The normalized spacial score (nSPS) is 13.9. The van der Waals surface area contributed by atoms with Gasteiger partial charge < -0.3 is 20.4 Å². The number of aliphatic hydroxyl groups is 1. The summed E-state index contributed by atoms with van der Waals surface area (Å²) in [5.41, 5.74) is 0. The summed E-state index contributed by atoms with van der Waals surface area (Å²) in [6.07, 6.45) is 0.788. The molecule has 0 aliphatic rings. The summed E-state index contributed by atoms with van der Waals surface area (Å²) in [6.45, 7) is 5.83. The van der Waals surface area contributed by atoms with Gasteiger partial charge in [0.25, 0.3) is 0 Å². The van der Waals surface area contributed by atoms with Crippen LogP contribution in [0.4, 0.5) is 4.79 Å². The third-order valence-corrected chi connectivity index (χ3v) is 2.64. The minimum absolute atomic E-state index is 0.101. The molecule has 0 aliphatic carbocycles. The number of carboxylic acid groups (broad SMARTS) is 1. The zero-order valence-corrected chi connectivity index (χ0v) is 10.6. The Morgan fingerprint density at radius 3 is 2.29 bits per heavy atom. The third kappa shape index (κ3) is 5.53. The second-order valence-corrected chi connectivity index (χ2v) is 4.08. The van der Waals surface area contributed by atoms with Crippen molar-refractivity contribution >= 4 is 12.0 Å². The lowest BCUT2D eigenvalue weighted by molar-refractivity contribution is -0.141. The number of rotatable bonds is 7. The fraction of sp³-hybridized carbons (Fsp3) is 0.818. The quantitative estimate of drug-likeness (QED) is 0.610. The van der Waals surface area contributed by atoms with E-state index in [0.29, 0.717) is 6.54 Å². The first-order valence-electron chi connectivity index (χ1n) is 5.83. The van der Waals surface area contributed by atoms with Crippen LogP contribution in [0.1, 0.15) is 27.2 Å². The Morgan fingerprint density at radius 1 is 1.29 bits per heavy atom. The molecule has 0 saturated heterocycles. The van der Waals surface area contributed by atoms with E-state index in [-0.39, 0.29) is 19.2 Å². The van der Waals surface area contributed by atoms with Crippen LogP contribution in [0.2, 0.25) is 0 Å². The summed E-state index contributed by atoms with van der Waals surface area (Å²) in [4.78, 5) is 24.0. The Hall–Kier alpha value is -1.30. The predicted molar refractivity (Wildman–Crippen MR) is 63.7 cm³/mol. The molecule has 2 amide bonds. The van der Waals surface area contributed by atoms with E-state index in [0.717, 1.165) is 6.42 Å². The van der Waals surface area contributed by atoms with Crippen LogP contribution in [0.15, 0.2) is 0 Å². The molecule has 0 saturated carbocycles. The van der Waals surface area contributed by atoms with Gasteiger partial charge in [0.15, 0.2) is 0 Å². The van der Waals surface area contributed by atoms with E-state index < -0.39 is 17.9 Å². The lowest BCUT2D eigenvalue weighted by Crippen LogP contribution is -2.48. The Labute approximate surface area is 102 Å². The maximum Gasteiger partial charge on any atom is 0.317 e. The fourth-order valence-electron chi connectivity index (χ4n) is 1.33. The highest BCUT2D eigenvalue weighted by Gasteiger charge is 2.22. The van der Waals surface area contributed by atoms with Crippen LogP contribution in [0.5, 0.6) is 0 Å². The number of amides is 2. The van der Waals surface area contributed by atoms with Gasteiger partial charge >= 0.3 is 12.0 Å². The SMILES string of the molecule is CCCN(CCO)C(=O)NC(C)C(C)C(=O)O. The van der Waals surface area contributed by atoms with Gasteiger partial charge in [0.2, 0.25) is 0 Å². The number of aliphatic hydroxyl groups excluding tert-OH is 1. The minimum Gasteiger partial charge on any atom is -0.481 e. The van der Waals surface area contributed by atoms with Crippen LogP contribution in [-0.2, 0) is 4.79 Å². The van der Waals surface area contributed by atoms with Crippen molar-refractivity contribution < 1.29 is 19.8 Å². The van der Waals surface area contributed by atoms with Crippen molar-refractivity contribution in [1.29, 1.82) is 0 Å². The van der Waals surface area contributed by atoms with E-state index in [1.807, 2.05) is 6.92 Å². The summed E-state index contributed by atoms with van der Waals surface area (Å²) in [5, 5.41) is 20.3. The highest BCUT2D eigenvalue weighted by Crippen LogP contribution is 2.03.